The van der Waals surface area contributed by atoms with E-state index in [1.807, 2.05) is 0 Å². The molecule has 0 saturated carbocycles. The maximum atomic E-state index is 13.9. The highest BCUT2D eigenvalue weighted by atomic mass is 16.7. The summed E-state index contributed by atoms with van der Waals surface area (Å²) in [5, 5.41) is 103. The molecule has 6 rings (SSSR count). The molecular weight excluding hydrogens is 720 g/mol. The van der Waals surface area contributed by atoms with Crippen LogP contribution >= 0.6 is 0 Å². The van der Waals surface area contributed by atoms with E-state index in [1.165, 1.54) is 43.3 Å². The van der Waals surface area contributed by atoms with Crippen molar-refractivity contribution in [3.05, 3.63) is 76.5 Å². The molecule has 10 N–H and O–H groups in total. The van der Waals surface area contributed by atoms with Crippen LogP contribution in [0.1, 0.15) is 12.5 Å². The molecule has 18 nitrogen and oxygen atoms in total. The quantitative estimate of drug-likeness (QED) is 0.0623. The molecule has 0 unspecified atom stereocenters. The van der Waals surface area contributed by atoms with Crippen LogP contribution < -0.4 is 10.2 Å². The number of carbonyl (C=O) groups excluding carboxylic acids is 1. The molecule has 54 heavy (non-hydrogen) atoms. The molecule has 0 bridgehead atoms. The highest BCUT2D eigenvalue weighted by Gasteiger charge is 2.50. The molecule has 2 saturated heterocycles. The molecule has 3 heterocycles. The van der Waals surface area contributed by atoms with E-state index in [1.54, 1.807) is 0 Å². The van der Waals surface area contributed by atoms with E-state index in [2.05, 4.69) is 0 Å². The van der Waals surface area contributed by atoms with E-state index < -0.39 is 119 Å². The van der Waals surface area contributed by atoms with Gasteiger partial charge >= 0.3 is 5.97 Å². The summed E-state index contributed by atoms with van der Waals surface area (Å²) in [6.45, 7) is 0.716. The van der Waals surface area contributed by atoms with Gasteiger partial charge in [0.05, 0.1) is 12.7 Å². The minimum atomic E-state index is -2.08. The first-order valence-corrected chi connectivity index (χ1v) is 16.3. The molecule has 0 radical (unpaired) electrons. The molecule has 18 heteroatoms. The number of rotatable bonds is 9. The highest BCUT2D eigenvalue weighted by Crippen LogP contribution is 2.39. The van der Waals surface area contributed by atoms with Crippen molar-refractivity contribution in [2.75, 3.05) is 6.61 Å². The van der Waals surface area contributed by atoms with E-state index in [4.69, 9.17) is 28.1 Å². The number of aromatic hydroxyl groups is 5. The summed E-state index contributed by atoms with van der Waals surface area (Å²) in [6.07, 6.45) is -14.6. The van der Waals surface area contributed by atoms with Crippen LogP contribution in [0.5, 0.6) is 34.5 Å². The number of esters is 1. The number of phenols is 5. The van der Waals surface area contributed by atoms with E-state index >= 15 is 0 Å². The monoisotopic (exact) mass is 756 g/mol. The molecule has 10 atom stereocenters. The van der Waals surface area contributed by atoms with E-state index in [-0.39, 0.29) is 16.9 Å². The topological polar surface area (TPSA) is 296 Å². The summed E-state index contributed by atoms with van der Waals surface area (Å²) in [5.74, 6) is -4.59. The van der Waals surface area contributed by atoms with Crippen LogP contribution in [0.3, 0.4) is 0 Å². The number of fused-ring (bicyclic) bond motifs is 1. The Morgan fingerprint density at radius 3 is 2.17 bits per heavy atom. The molecule has 3 aromatic carbocycles. The highest BCUT2D eigenvalue weighted by molar-refractivity contribution is 5.88. The van der Waals surface area contributed by atoms with Gasteiger partial charge in [0.25, 0.3) is 0 Å². The molecule has 288 valence electrons. The lowest BCUT2D eigenvalue weighted by atomic mass is 9.98. The van der Waals surface area contributed by atoms with Crippen LogP contribution in [-0.2, 0) is 23.7 Å². The lowest BCUT2D eigenvalue weighted by molar-refractivity contribution is -0.319. The zero-order valence-corrected chi connectivity index (χ0v) is 28.1. The molecule has 2 aliphatic rings. The van der Waals surface area contributed by atoms with Gasteiger partial charge in [0.15, 0.2) is 29.7 Å². The van der Waals surface area contributed by atoms with Gasteiger partial charge in [0.1, 0.15) is 64.8 Å². The largest absolute Gasteiger partial charge is 0.508 e. The second-order valence-electron chi connectivity index (χ2n) is 12.6. The molecule has 0 amide bonds. The van der Waals surface area contributed by atoms with Gasteiger partial charge < -0.3 is 79.2 Å². The summed E-state index contributed by atoms with van der Waals surface area (Å²) >= 11 is 0. The smallest absolute Gasteiger partial charge is 0.331 e. The maximum absolute atomic E-state index is 13.9. The van der Waals surface area contributed by atoms with Crippen LogP contribution in [0.25, 0.3) is 28.4 Å². The number of carbonyl (C=O) groups is 1. The van der Waals surface area contributed by atoms with Gasteiger partial charge in [-0.2, -0.15) is 0 Å². The second-order valence-corrected chi connectivity index (χ2v) is 12.6. The lowest BCUT2D eigenvalue weighted by Crippen LogP contribution is -2.62. The number of aliphatic hydroxyl groups excluding tert-OH is 5. The van der Waals surface area contributed by atoms with Crippen molar-refractivity contribution in [2.45, 2.75) is 68.3 Å². The summed E-state index contributed by atoms with van der Waals surface area (Å²) in [5.41, 5.74) is -0.977. The summed E-state index contributed by atoms with van der Waals surface area (Å²) < 4.78 is 34.1. The number of aliphatic hydroxyl groups is 5. The lowest BCUT2D eigenvalue weighted by Gasteiger charge is -2.43. The SMILES string of the molecule is C[C@@H]1O[C@@H](OC[C@H]2O[C@@H](Oc3c(-c4ccc(O)c(O)c4)oc4cc(O)cc(O)c4c3=O)[C@H](O)[C@@H](O)[C@H]2OC(=O)C=Cc2ccc(O)cc2)[C@H](O)[C@H](O)[C@H]1O. The normalized spacial score (nSPS) is 28.6. The zero-order valence-electron chi connectivity index (χ0n) is 28.1. The molecular formula is C36H36O18. The molecule has 1 aromatic heterocycles. The Bertz CT molecular complexity index is 2080. The Morgan fingerprint density at radius 1 is 0.759 bits per heavy atom. The fraction of sp³-hybridized carbons (Fsp3) is 0.333. The van der Waals surface area contributed by atoms with Crippen molar-refractivity contribution in [2.24, 2.45) is 0 Å². The molecule has 2 aliphatic heterocycles. The van der Waals surface area contributed by atoms with Crippen molar-refractivity contribution in [1.29, 1.82) is 0 Å². The first kappa shape index (κ1) is 38.3. The average Bonchev–Trinajstić information content (AvgIpc) is 3.13. The van der Waals surface area contributed by atoms with Crippen molar-refractivity contribution in [1.82, 2.24) is 0 Å². The molecule has 0 spiro atoms. The maximum Gasteiger partial charge on any atom is 0.331 e. The third-order valence-electron chi connectivity index (χ3n) is 8.82. The van der Waals surface area contributed by atoms with Gasteiger partial charge in [-0.1, -0.05) is 12.1 Å². The first-order chi connectivity index (χ1) is 25.6. The van der Waals surface area contributed by atoms with Gasteiger partial charge in [-0.3, -0.25) is 4.79 Å². The van der Waals surface area contributed by atoms with Crippen LogP contribution in [0, 0.1) is 0 Å². The Morgan fingerprint density at radius 2 is 1.46 bits per heavy atom. The fourth-order valence-corrected chi connectivity index (χ4v) is 5.89. The van der Waals surface area contributed by atoms with Crippen LogP contribution in [0.2, 0.25) is 0 Å². The van der Waals surface area contributed by atoms with Gasteiger partial charge in [0.2, 0.25) is 17.5 Å². The summed E-state index contributed by atoms with van der Waals surface area (Å²) in [7, 11) is 0. The third kappa shape index (κ3) is 7.77. The minimum absolute atomic E-state index is 0.0137. The first-order valence-electron chi connectivity index (χ1n) is 16.3. The van der Waals surface area contributed by atoms with Crippen molar-refractivity contribution < 1.29 is 84.0 Å². The summed E-state index contributed by atoms with van der Waals surface area (Å²) in [6, 6.07) is 10.9. The summed E-state index contributed by atoms with van der Waals surface area (Å²) in [4.78, 5) is 26.8. The minimum Gasteiger partial charge on any atom is -0.508 e. The Hall–Kier alpha value is -5.44. The van der Waals surface area contributed by atoms with Crippen molar-refractivity contribution >= 4 is 23.0 Å². The van der Waals surface area contributed by atoms with E-state index in [0.717, 1.165) is 30.3 Å². The number of hydrogen-bond donors (Lipinski definition) is 10. The number of phenolic OH excluding ortho intramolecular Hbond substituents is 5. The van der Waals surface area contributed by atoms with Gasteiger partial charge in [-0.25, -0.2) is 4.79 Å². The van der Waals surface area contributed by atoms with E-state index in [9.17, 15) is 60.7 Å². The molecule has 2 fully saturated rings. The van der Waals surface area contributed by atoms with Crippen molar-refractivity contribution in [3.8, 4) is 45.8 Å². The van der Waals surface area contributed by atoms with Crippen LogP contribution in [-0.4, -0.2) is 125 Å². The average molecular weight is 757 g/mol. The Balaban J connectivity index is 1.34. The number of benzene rings is 3. The zero-order chi connectivity index (χ0) is 39.0. The van der Waals surface area contributed by atoms with Crippen molar-refractivity contribution in [3.63, 3.8) is 0 Å². The Labute approximate surface area is 304 Å². The second kappa shape index (κ2) is 15.5. The van der Waals surface area contributed by atoms with Crippen LogP contribution in [0.4, 0.5) is 0 Å². The standard InChI is InChI=1S/C36H36O18/c1-14-26(43)28(45)30(47)35(50-14)49-13-23-33(53-24(42)9-4-15-2-6-17(37)7-3-15)29(46)31(48)36(52-23)54-34-27(44)25-21(41)11-18(38)12-22(25)51-32(34)16-5-8-19(39)20(40)10-16/h2-12,14,23,26,28-31,33,35-41,43,45-48H,13H2,1H3/t14-,23+,26-,28+,29+,30+,31+,33-,35+,36-/m0/s1. The molecule has 0 aliphatic carbocycles. The van der Waals surface area contributed by atoms with Gasteiger partial charge in [-0.05, 0) is 48.9 Å². The van der Waals surface area contributed by atoms with Gasteiger partial charge in [0, 0.05) is 23.8 Å². The van der Waals surface area contributed by atoms with Gasteiger partial charge in [-0.15, -0.1) is 0 Å². The Kier molecular flexibility index (Phi) is 11.0. The number of ether oxygens (including phenoxy) is 5. The van der Waals surface area contributed by atoms with Crippen LogP contribution in [0.15, 0.2) is 69.9 Å². The molecule has 4 aromatic rings. The predicted molar refractivity (Wildman–Crippen MR) is 181 cm³/mol. The van der Waals surface area contributed by atoms with E-state index in [0.29, 0.717) is 5.56 Å². The predicted octanol–water partition coefficient (Wildman–Crippen LogP) is 0.283. The fourth-order valence-electron chi connectivity index (χ4n) is 5.89. The third-order valence-corrected chi connectivity index (χ3v) is 8.82. The number of hydrogen-bond acceptors (Lipinski definition) is 18.